The first-order valence-electron chi connectivity index (χ1n) is 9.39. The molecule has 0 amide bonds. The fourth-order valence-corrected chi connectivity index (χ4v) is 4.22. The minimum Gasteiger partial charge on any atom is -0.387 e. The van der Waals surface area contributed by atoms with Gasteiger partial charge in [0.2, 0.25) is 0 Å². The summed E-state index contributed by atoms with van der Waals surface area (Å²) in [7, 11) is 0. The van der Waals surface area contributed by atoms with Gasteiger partial charge in [-0.3, -0.25) is 0 Å². The molecular weight excluding hydrogens is 302 g/mol. The van der Waals surface area contributed by atoms with Crippen molar-refractivity contribution in [2.45, 2.75) is 82.3 Å². The predicted octanol–water partition coefficient (Wildman–Crippen LogP) is 5.10. The van der Waals surface area contributed by atoms with E-state index in [9.17, 15) is 5.11 Å². The van der Waals surface area contributed by atoms with E-state index in [0.717, 1.165) is 18.5 Å². The number of hydrogen-bond donors (Lipinski definition) is 2. The Morgan fingerprint density at radius 3 is 2.78 bits per heavy atom. The Morgan fingerprint density at radius 2 is 1.96 bits per heavy atom. The lowest BCUT2D eigenvalue weighted by Gasteiger charge is -2.23. The van der Waals surface area contributed by atoms with Crippen LogP contribution in [-0.2, 0) is 6.42 Å². The van der Waals surface area contributed by atoms with Gasteiger partial charge < -0.3 is 10.4 Å². The Balaban J connectivity index is 1.73. The number of benzene rings is 1. The Hall–Kier alpha value is -0.510. The molecule has 0 aromatic heterocycles. The number of fused-ring (bicyclic) bond motifs is 1. The third-order valence-corrected chi connectivity index (χ3v) is 5.95. The maximum Gasteiger partial charge on any atom is 0.0940 e. The molecule has 0 radical (unpaired) electrons. The molecular formula is C20H33NOS. The minimum atomic E-state index is -0.410. The van der Waals surface area contributed by atoms with E-state index in [1.807, 2.05) is 11.8 Å². The van der Waals surface area contributed by atoms with Gasteiger partial charge in [-0.15, -0.1) is 11.8 Å². The first-order valence-corrected chi connectivity index (χ1v) is 10.4. The number of hydrogen-bond acceptors (Lipinski definition) is 3. The largest absolute Gasteiger partial charge is 0.387 e. The molecule has 2 rings (SSSR count). The van der Waals surface area contributed by atoms with Crippen molar-refractivity contribution in [3.8, 4) is 0 Å². The van der Waals surface area contributed by atoms with E-state index in [0.29, 0.717) is 0 Å². The number of aliphatic hydroxyl groups excluding tert-OH is 1. The smallest absolute Gasteiger partial charge is 0.0940 e. The highest BCUT2D eigenvalue weighted by Crippen LogP contribution is 2.32. The van der Waals surface area contributed by atoms with Crippen LogP contribution >= 0.6 is 11.8 Å². The van der Waals surface area contributed by atoms with Gasteiger partial charge in [0.25, 0.3) is 0 Å². The monoisotopic (exact) mass is 335 g/mol. The van der Waals surface area contributed by atoms with Crippen LogP contribution in [0, 0.1) is 0 Å². The molecule has 3 heteroatoms. The van der Waals surface area contributed by atoms with Crippen LogP contribution in [0.1, 0.15) is 76.0 Å². The Labute approximate surface area is 146 Å². The van der Waals surface area contributed by atoms with Gasteiger partial charge in [-0.1, -0.05) is 51.2 Å². The molecule has 1 aromatic carbocycles. The van der Waals surface area contributed by atoms with Gasteiger partial charge in [-0.2, -0.15) is 0 Å². The first-order chi connectivity index (χ1) is 11.2. The molecule has 1 aliphatic heterocycles. The van der Waals surface area contributed by atoms with Crippen molar-refractivity contribution in [1.29, 1.82) is 0 Å². The number of aryl methyl sites for hydroxylation is 1. The predicted molar refractivity (Wildman–Crippen MR) is 101 cm³/mol. The molecule has 2 N–H and O–H groups in total. The second kappa shape index (κ2) is 10.4. The maximum absolute atomic E-state index is 10.6. The summed E-state index contributed by atoms with van der Waals surface area (Å²) in [5, 5.41) is 14.1. The summed E-state index contributed by atoms with van der Waals surface area (Å²) in [6.45, 7) is 5.35. The molecule has 1 aromatic rings. The van der Waals surface area contributed by atoms with E-state index in [1.165, 1.54) is 61.2 Å². The molecule has 0 saturated heterocycles. The van der Waals surface area contributed by atoms with Crippen molar-refractivity contribution >= 4 is 11.8 Å². The quantitative estimate of drug-likeness (QED) is 0.584. The van der Waals surface area contributed by atoms with E-state index < -0.39 is 6.10 Å². The SMILES string of the molecule is CCCCCCCCNC(C)C(O)c1ccc2c(c1)CCCS2. The van der Waals surface area contributed by atoms with Gasteiger partial charge in [-0.05, 0) is 55.7 Å². The summed E-state index contributed by atoms with van der Waals surface area (Å²) < 4.78 is 0. The normalized spacial score (nSPS) is 16.8. The lowest BCUT2D eigenvalue weighted by Crippen LogP contribution is -2.33. The average Bonchev–Trinajstić information content (AvgIpc) is 2.59. The van der Waals surface area contributed by atoms with Crippen molar-refractivity contribution in [2.75, 3.05) is 12.3 Å². The highest BCUT2D eigenvalue weighted by molar-refractivity contribution is 7.99. The topological polar surface area (TPSA) is 32.3 Å². The van der Waals surface area contributed by atoms with Crippen molar-refractivity contribution < 1.29 is 5.11 Å². The van der Waals surface area contributed by atoms with E-state index in [-0.39, 0.29) is 6.04 Å². The highest BCUT2D eigenvalue weighted by Gasteiger charge is 2.18. The molecule has 2 nitrogen and oxygen atoms in total. The summed E-state index contributed by atoms with van der Waals surface area (Å²) in [5.41, 5.74) is 2.48. The molecule has 1 heterocycles. The number of aliphatic hydroxyl groups is 1. The zero-order valence-corrected chi connectivity index (χ0v) is 15.6. The molecule has 0 saturated carbocycles. The summed E-state index contributed by atoms with van der Waals surface area (Å²) in [6.07, 6.45) is 9.88. The van der Waals surface area contributed by atoms with Crippen LogP contribution in [0.4, 0.5) is 0 Å². The third kappa shape index (κ3) is 6.13. The Bertz CT molecular complexity index is 463. The lowest BCUT2D eigenvalue weighted by atomic mass is 9.99. The van der Waals surface area contributed by atoms with Crippen LogP contribution in [0.15, 0.2) is 23.1 Å². The summed E-state index contributed by atoms with van der Waals surface area (Å²) in [4.78, 5) is 1.40. The van der Waals surface area contributed by atoms with E-state index in [1.54, 1.807) is 0 Å². The van der Waals surface area contributed by atoms with Crippen LogP contribution < -0.4 is 5.32 Å². The molecule has 23 heavy (non-hydrogen) atoms. The number of thioether (sulfide) groups is 1. The average molecular weight is 336 g/mol. The fraction of sp³-hybridized carbons (Fsp3) is 0.700. The molecule has 2 atom stereocenters. The van der Waals surface area contributed by atoms with E-state index >= 15 is 0 Å². The zero-order valence-electron chi connectivity index (χ0n) is 14.8. The Morgan fingerprint density at radius 1 is 1.17 bits per heavy atom. The van der Waals surface area contributed by atoms with Crippen LogP contribution in [0.3, 0.4) is 0 Å². The Kier molecular flexibility index (Phi) is 8.49. The molecule has 0 fully saturated rings. The van der Waals surface area contributed by atoms with Crippen LogP contribution in [0.2, 0.25) is 0 Å². The van der Waals surface area contributed by atoms with Crippen molar-refractivity contribution in [1.82, 2.24) is 5.32 Å². The summed E-state index contributed by atoms with van der Waals surface area (Å²) in [5.74, 6) is 1.23. The standard InChI is InChI=1S/C20H33NOS/c1-3-4-5-6-7-8-13-21-16(2)20(22)18-11-12-19-17(15-18)10-9-14-23-19/h11-12,15-16,20-22H,3-10,13-14H2,1-2H3. The summed E-state index contributed by atoms with van der Waals surface area (Å²) >= 11 is 1.95. The van der Waals surface area contributed by atoms with Gasteiger partial charge in [0.05, 0.1) is 6.10 Å². The van der Waals surface area contributed by atoms with Crippen LogP contribution in [0.25, 0.3) is 0 Å². The fourth-order valence-electron chi connectivity index (χ4n) is 3.20. The minimum absolute atomic E-state index is 0.111. The molecule has 0 aliphatic carbocycles. The second-order valence-corrected chi connectivity index (χ2v) is 7.91. The first kappa shape index (κ1) is 18.8. The van der Waals surface area contributed by atoms with Crippen LogP contribution in [-0.4, -0.2) is 23.4 Å². The molecule has 130 valence electrons. The van der Waals surface area contributed by atoms with E-state index in [4.69, 9.17) is 0 Å². The highest BCUT2D eigenvalue weighted by atomic mass is 32.2. The number of unbranched alkanes of at least 4 members (excludes halogenated alkanes) is 5. The second-order valence-electron chi connectivity index (χ2n) is 6.77. The van der Waals surface area contributed by atoms with Gasteiger partial charge in [0.1, 0.15) is 0 Å². The molecule has 2 unspecified atom stereocenters. The zero-order chi connectivity index (χ0) is 16.5. The van der Waals surface area contributed by atoms with Gasteiger partial charge >= 0.3 is 0 Å². The van der Waals surface area contributed by atoms with Gasteiger partial charge in [-0.25, -0.2) is 0 Å². The van der Waals surface area contributed by atoms with Crippen molar-refractivity contribution in [3.63, 3.8) is 0 Å². The third-order valence-electron chi connectivity index (χ3n) is 4.74. The number of nitrogens with one attached hydrogen (secondary N) is 1. The van der Waals surface area contributed by atoms with Crippen molar-refractivity contribution in [2.24, 2.45) is 0 Å². The van der Waals surface area contributed by atoms with Gasteiger partial charge in [0.15, 0.2) is 0 Å². The molecule has 1 aliphatic rings. The maximum atomic E-state index is 10.6. The van der Waals surface area contributed by atoms with Gasteiger partial charge in [0, 0.05) is 10.9 Å². The summed E-state index contributed by atoms with van der Waals surface area (Å²) in [6, 6.07) is 6.62. The van der Waals surface area contributed by atoms with Crippen molar-refractivity contribution in [3.05, 3.63) is 29.3 Å². The molecule has 0 bridgehead atoms. The van der Waals surface area contributed by atoms with E-state index in [2.05, 4.69) is 37.4 Å². The number of rotatable bonds is 10. The lowest BCUT2D eigenvalue weighted by molar-refractivity contribution is 0.136. The van der Waals surface area contributed by atoms with Crippen LogP contribution in [0.5, 0.6) is 0 Å². The molecule has 0 spiro atoms.